The zero-order chi connectivity index (χ0) is 18.1. The van der Waals surface area contributed by atoms with Crippen LogP contribution in [0.1, 0.15) is 148 Å². The summed E-state index contributed by atoms with van der Waals surface area (Å²) in [6.45, 7) is 0. The van der Waals surface area contributed by atoms with Crippen molar-refractivity contribution < 1.29 is 0 Å². The maximum absolute atomic E-state index is 1.58. The molecule has 0 saturated heterocycles. The van der Waals surface area contributed by atoms with Crippen LogP contribution in [-0.2, 0) is 0 Å². The van der Waals surface area contributed by atoms with Crippen LogP contribution < -0.4 is 0 Å². The van der Waals surface area contributed by atoms with Crippen LogP contribution in [0.15, 0.2) is 0 Å². The number of rotatable bonds is 2. The van der Waals surface area contributed by atoms with Gasteiger partial charge in [-0.25, -0.2) is 0 Å². The molecule has 0 radical (unpaired) electrons. The standard InChI is InChI=1S/C25H49B/c1-2-5-9-13-17-21-24(20-16-12-8-4-1)26-25-22-18-14-10-6-3-7-11-15-19-23-25/h24-26H,1-23H2. The lowest BCUT2D eigenvalue weighted by Gasteiger charge is -2.23. The lowest BCUT2D eigenvalue weighted by molar-refractivity contribution is 0.494. The van der Waals surface area contributed by atoms with E-state index in [0.29, 0.717) is 0 Å². The first-order valence-corrected chi connectivity index (χ1v) is 12.9. The van der Waals surface area contributed by atoms with Crippen LogP contribution >= 0.6 is 0 Å². The van der Waals surface area contributed by atoms with Crippen LogP contribution in [0.4, 0.5) is 0 Å². The SMILES string of the molecule is B(C1CCCCCCCCCCCC1)C1CCCCCCCCCCC1. The Morgan fingerprint density at radius 1 is 0.269 bits per heavy atom. The van der Waals surface area contributed by atoms with Crippen LogP contribution in [0.25, 0.3) is 0 Å². The predicted molar refractivity (Wildman–Crippen MR) is 121 cm³/mol. The summed E-state index contributed by atoms with van der Waals surface area (Å²) in [5.74, 6) is 2.13. The summed E-state index contributed by atoms with van der Waals surface area (Å²) < 4.78 is 0. The van der Waals surface area contributed by atoms with Gasteiger partial charge in [0.1, 0.15) is 7.28 Å². The molecule has 0 aliphatic heterocycles. The number of hydrogen-bond donors (Lipinski definition) is 0. The third-order valence-electron chi connectivity index (χ3n) is 7.37. The fraction of sp³-hybridized carbons (Fsp3) is 1.00. The Hall–Kier alpha value is 0.0649. The molecule has 2 aliphatic rings. The Morgan fingerprint density at radius 2 is 0.462 bits per heavy atom. The van der Waals surface area contributed by atoms with E-state index in [1.165, 1.54) is 122 Å². The van der Waals surface area contributed by atoms with E-state index in [-0.39, 0.29) is 0 Å². The van der Waals surface area contributed by atoms with Crippen molar-refractivity contribution in [3.8, 4) is 0 Å². The second kappa shape index (κ2) is 16.1. The first-order valence-electron chi connectivity index (χ1n) is 12.9. The molecule has 0 N–H and O–H groups in total. The normalized spacial score (nSPS) is 25.7. The molecule has 0 heterocycles. The van der Waals surface area contributed by atoms with Gasteiger partial charge in [0.25, 0.3) is 0 Å². The van der Waals surface area contributed by atoms with Crippen molar-refractivity contribution in [1.29, 1.82) is 0 Å². The summed E-state index contributed by atoms with van der Waals surface area (Å²) in [5, 5.41) is 0. The van der Waals surface area contributed by atoms with Crippen LogP contribution in [0.3, 0.4) is 0 Å². The molecule has 0 aromatic heterocycles. The van der Waals surface area contributed by atoms with Gasteiger partial charge in [0, 0.05) is 0 Å². The van der Waals surface area contributed by atoms with Crippen molar-refractivity contribution in [3.63, 3.8) is 0 Å². The molecule has 0 atom stereocenters. The first kappa shape index (κ1) is 22.4. The molecule has 0 amide bonds. The fourth-order valence-electron chi connectivity index (χ4n) is 5.62. The molecule has 0 nitrogen and oxygen atoms in total. The van der Waals surface area contributed by atoms with Gasteiger partial charge >= 0.3 is 0 Å². The Balaban J connectivity index is 1.76. The van der Waals surface area contributed by atoms with Crippen LogP contribution in [-0.4, -0.2) is 7.28 Å². The van der Waals surface area contributed by atoms with Gasteiger partial charge in [-0.1, -0.05) is 159 Å². The average Bonchev–Trinajstić information content (AvgIpc) is 2.66. The van der Waals surface area contributed by atoms with Gasteiger partial charge < -0.3 is 0 Å². The first-order chi connectivity index (χ1) is 12.9. The molecule has 2 saturated carbocycles. The molecule has 0 unspecified atom stereocenters. The van der Waals surface area contributed by atoms with E-state index in [9.17, 15) is 0 Å². The minimum atomic E-state index is 1.06. The van der Waals surface area contributed by atoms with Gasteiger partial charge in [-0.2, -0.15) is 0 Å². The van der Waals surface area contributed by atoms with E-state index < -0.39 is 0 Å². The Labute approximate surface area is 166 Å². The quantitative estimate of drug-likeness (QED) is 0.431. The maximum Gasteiger partial charge on any atom is 0.127 e. The largest absolute Gasteiger partial charge is 0.127 e. The van der Waals surface area contributed by atoms with Crippen LogP contribution in [0, 0.1) is 0 Å². The van der Waals surface area contributed by atoms with Crippen molar-refractivity contribution in [2.24, 2.45) is 0 Å². The molecule has 2 rings (SSSR count). The van der Waals surface area contributed by atoms with Gasteiger partial charge in [0.05, 0.1) is 0 Å². The third kappa shape index (κ3) is 11.7. The van der Waals surface area contributed by atoms with E-state index in [4.69, 9.17) is 0 Å². The number of hydrogen-bond acceptors (Lipinski definition) is 0. The zero-order valence-corrected chi connectivity index (χ0v) is 18.1. The van der Waals surface area contributed by atoms with E-state index >= 15 is 0 Å². The highest BCUT2D eigenvalue weighted by molar-refractivity contribution is 6.39. The summed E-state index contributed by atoms with van der Waals surface area (Å²) >= 11 is 0. The molecule has 2 fully saturated rings. The van der Waals surface area contributed by atoms with Gasteiger partial charge in [-0.15, -0.1) is 0 Å². The lowest BCUT2D eigenvalue weighted by Crippen LogP contribution is -2.13. The van der Waals surface area contributed by atoms with Gasteiger partial charge in [-0.05, 0) is 0 Å². The molecule has 2 aliphatic carbocycles. The van der Waals surface area contributed by atoms with Crippen LogP contribution in [0.2, 0.25) is 11.6 Å². The molecule has 0 bridgehead atoms. The second-order valence-corrected chi connectivity index (χ2v) is 9.84. The summed E-state index contributed by atoms with van der Waals surface area (Å²) in [7, 11) is 1.58. The van der Waals surface area contributed by atoms with Gasteiger partial charge in [0.15, 0.2) is 0 Å². The highest BCUT2D eigenvalue weighted by atomic mass is 14.1. The highest BCUT2D eigenvalue weighted by Gasteiger charge is 2.18. The smallest absolute Gasteiger partial charge is 0.0654 e. The average molecular weight is 360 g/mol. The van der Waals surface area contributed by atoms with E-state index in [1.807, 2.05) is 0 Å². The topological polar surface area (TPSA) is 0 Å². The minimum Gasteiger partial charge on any atom is -0.0654 e. The monoisotopic (exact) mass is 360 g/mol. The maximum atomic E-state index is 1.58. The molecule has 0 aromatic carbocycles. The Bertz CT molecular complexity index is 275. The third-order valence-corrected chi connectivity index (χ3v) is 7.37. The molecule has 26 heavy (non-hydrogen) atoms. The summed E-state index contributed by atoms with van der Waals surface area (Å²) in [6.07, 6.45) is 35.0. The predicted octanol–water partition coefficient (Wildman–Crippen LogP) is 9.00. The molecule has 152 valence electrons. The van der Waals surface area contributed by atoms with Crippen molar-refractivity contribution in [2.45, 2.75) is 159 Å². The van der Waals surface area contributed by atoms with Gasteiger partial charge in [0.2, 0.25) is 0 Å². The molecule has 0 spiro atoms. The van der Waals surface area contributed by atoms with Crippen molar-refractivity contribution >= 4 is 7.28 Å². The van der Waals surface area contributed by atoms with E-state index in [2.05, 4.69) is 0 Å². The minimum absolute atomic E-state index is 1.06. The van der Waals surface area contributed by atoms with E-state index in [1.54, 1.807) is 33.0 Å². The Kier molecular flexibility index (Phi) is 13.8. The van der Waals surface area contributed by atoms with Crippen LogP contribution in [0.5, 0.6) is 0 Å². The summed E-state index contributed by atoms with van der Waals surface area (Å²) in [6, 6.07) is 0. The zero-order valence-electron chi connectivity index (χ0n) is 18.1. The fourth-order valence-corrected chi connectivity index (χ4v) is 5.62. The molecule has 0 aromatic rings. The van der Waals surface area contributed by atoms with Crippen molar-refractivity contribution in [1.82, 2.24) is 0 Å². The lowest BCUT2D eigenvalue weighted by atomic mass is 9.50. The molecule has 1 heteroatoms. The van der Waals surface area contributed by atoms with E-state index in [0.717, 1.165) is 11.6 Å². The summed E-state index contributed by atoms with van der Waals surface area (Å²) in [4.78, 5) is 0. The molecular formula is C25H49B. The van der Waals surface area contributed by atoms with Gasteiger partial charge in [-0.3, -0.25) is 0 Å². The molecular weight excluding hydrogens is 311 g/mol. The van der Waals surface area contributed by atoms with Crippen molar-refractivity contribution in [3.05, 3.63) is 0 Å². The second-order valence-electron chi connectivity index (χ2n) is 9.84. The Morgan fingerprint density at radius 3 is 0.692 bits per heavy atom. The summed E-state index contributed by atoms with van der Waals surface area (Å²) in [5.41, 5.74) is 0. The highest BCUT2D eigenvalue weighted by Crippen LogP contribution is 2.32. The van der Waals surface area contributed by atoms with Crippen molar-refractivity contribution in [2.75, 3.05) is 0 Å².